The fourth-order valence-corrected chi connectivity index (χ4v) is 6.53. The Labute approximate surface area is 150 Å². The van der Waals surface area contributed by atoms with Crippen LogP contribution in [-0.4, -0.2) is 38.3 Å². The Morgan fingerprint density at radius 3 is 2.44 bits per heavy atom. The lowest BCUT2D eigenvalue weighted by molar-refractivity contribution is -0.119. The van der Waals surface area contributed by atoms with Gasteiger partial charge in [0.2, 0.25) is 15.9 Å². The molecule has 1 amide bonds. The van der Waals surface area contributed by atoms with E-state index in [1.807, 2.05) is 17.9 Å². The van der Waals surface area contributed by atoms with E-state index in [0.717, 1.165) is 42.6 Å². The second kappa shape index (κ2) is 5.81. The quantitative estimate of drug-likeness (QED) is 0.813. The molecule has 3 aliphatic rings. The van der Waals surface area contributed by atoms with E-state index in [0.29, 0.717) is 29.8 Å². The first-order valence-electron chi connectivity index (χ1n) is 9.27. The number of benzene rings is 1. The molecular formula is C19H26N2O3S. The first kappa shape index (κ1) is 17.0. The summed E-state index contributed by atoms with van der Waals surface area (Å²) in [5.41, 5.74) is 2.88. The van der Waals surface area contributed by atoms with E-state index in [2.05, 4.69) is 13.8 Å². The SMILES string of the molecule is C[C@@H]1C[C@H](C)CN(S(=O)(=O)c2cc3c4c(c2)[C@H](C)C(=O)N4CCC3)C1. The third-order valence-corrected chi connectivity index (χ3v) is 7.68. The van der Waals surface area contributed by atoms with Gasteiger partial charge in [0.1, 0.15) is 0 Å². The van der Waals surface area contributed by atoms with Crippen LogP contribution < -0.4 is 4.90 Å². The van der Waals surface area contributed by atoms with E-state index >= 15 is 0 Å². The minimum atomic E-state index is -3.51. The zero-order chi connectivity index (χ0) is 17.9. The van der Waals surface area contributed by atoms with Crippen molar-refractivity contribution in [2.45, 2.75) is 50.8 Å². The molecule has 4 rings (SSSR count). The van der Waals surface area contributed by atoms with Crippen molar-refractivity contribution in [1.29, 1.82) is 0 Å². The average Bonchev–Trinajstić information content (AvgIpc) is 2.81. The highest BCUT2D eigenvalue weighted by Gasteiger charge is 2.40. The molecule has 0 bridgehead atoms. The first-order chi connectivity index (χ1) is 11.8. The summed E-state index contributed by atoms with van der Waals surface area (Å²) >= 11 is 0. The van der Waals surface area contributed by atoms with Gasteiger partial charge in [-0.2, -0.15) is 4.31 Å². The molecule has 136 valence electrons. The number of sulfonamides is 1. The monoisotopic (exact) mass is 362 g/mol. The van der Waals surface area contributed by atoms with Gasteiger partial charge in [-0.15, -0.1) is 0 Å². The molecule has 1 saturated heterocycles. The molecule has 3 atom stereocenters. The van der Waals surface area contributed by atoms with Gasteiger partial charge in [0.25, 0.3) is 0 Å². The van der Waals surface area contributed by atoms with Crippen LogP contribution in [0, 0.1) is 11.8 Å². The summed E-state index contributed by atoms with van der Waals surface area (Å²) in [4.78, 5) is 14.7. The molecule has 0 aromatic heterocycles. The van der Waals surface area contributed by atoms with Crippen molar-refractivity contribution >= 4 is 21.6 Å². The number of nitrogens with zero attached hydrogens (tertiary/aromatic N) is 2. The summed E-state index contributed by atoms with van der Waals surface area (Å²) in [7, 11) is -3.51. The van der Waals surface area contributed by atoms with E-state index in [4.69, 9.17) is 0 Å². The van der Waals surface area contributed by atoms with Crippen LogP contribution in [0.1, 0.15) is 50.7 Å². The van der Waals surface area contributed by atoms with Crippen LogP contribution in [0.25, 0.3) is 0 Å². The molecule has 0 aliphatic carbocycles. The molecule has 0 saturated carbocycles. The summed E-state index contributed by atoms with van der Waals surface area (Å²) in [5, 5.41) is 0. The number of carbonyl (C=O) groups excluding carboxylic acids is 1. The molecule has 0 N–H and O–H groups in total. The van der Waals surface area contributed by atoms with Crippen LogP contribution in [-0.2, 0) is 21.2 Å². The highest BCUT2D eigenvalue weighted by Crippen LogP contribution is 2.44. The predicted molar refractivity (Wildman–Crippen MR) is 97.2 cm³/mol. The van der Waals surface area contributed by atoms with Crippen molar-refractivity contribution in [3.8, 4) is 0 Å². The largest absolute Gasteiger partial charge is 0.311 e. The van der Waals surface area contributed by atoms with Crippen molar-refractivity contribution in [3.05, 3.63) is 23.3 Å². The number of hydrogen-bond donors (Lipinski definition) is 0. The van der Waals surface area contributed by atoms with Crippen LogP contribution in [0.4, 0.5) is 5.69 Å². The maximum Gasteiger partial charge on any atom is 0.243 e. The van der Waals surface area contributed by atoms with Crippen molar-refractivity contribution in [1.82, 2.24) is 4.31 Å². The lowest BCUT2D eigenvalue weighted by Gasteiger charge is -2.34. The first-order valence-corrected chi connectivity index (χ1v) is 10.7. The molecule has 0 unspecified atom stereocenters. The number of piperidine rings is 1. The molecule has 3 heterocycles. The lowest BCUT2D eigenvalue weighted by Crippen LogP contribution is -2.42. The van der Waals surface area contributed by atoms with Crippen molar-refractivity contribution in [2.75, 3.05) is 24.5 Å². The zero-order valence-electron chi connectivity index (χ0n) is 15.2. The molecule has 1 aromatic rings. The number of rotatable bonds is 2. The molecule has 25 heavy (non-hydrogen) atoms. The van der Waals surface area contributed by atoms with Gasteiger partial charge >= 0.3 is 0 Å². The predicted octanol–water partition coefficient (Wildman–Crippen LogP) is 2.75. The Morgan fingerprint density at radius 2 is 1.76 bits per heavy atom. The standard InChI is InChI=1S/C19H26N2O3S/c1-12-7-13(2)11-20(10-12)25(23,24)16-8-15-5-4-6-21-18(15)17(9-16)14(3)19(21)22/h8-9,12-14H,4-7,10-11H2,1-3H3/t12-,13+,14-/m0/s1. The van der Waals surface area contributed by atoms with E-state index < -0.39 is 10.0 Å². The second-order valence-corrected chi connectivity index (χ2v) is 10.0. The highest BCUT2D eigenvalue weighted by molar-refractivity contribution is 7.89. The van der Waals surface area contributed by atoms with Crippen LogP contribution in [0.5, 0.6) is 0 Å². The molecule has 6 heteroatoms. The molecule has 5 nitrogen and oxygen atoms in total. The smallest absolute Gasteiger partial charge is 0.243 e. The minimum Gasteiger partial charge on any atom is -0.311 e. The molecule has 3 aliphatic heterocycles. The van der Waals surface area contributed by atoms with Crippen LogP contribution in [0.15, 0.2) is 17.0 Å². The van der Waals surface area contributed by atoms with Gasteiger partial charge in [0, 0.05) is 19.6 Å². The zero-order valence-corrected chi connectivity index (χ0v) is 16.0. The lowest BCUT2D eigenvalue weighted by atomic mass is 9.94. The summed E-state index contributed by atoms with van der Waals surface area (Å²) < 4.78 is 28.2. The van der Waals surface area contributed by atoms with Gasteiger partial charge in [0.05, 0.1) is 16.5 Å². The van der Waals surface area contributed by atoms with Crippen LogP contribution in [0.3, 0.4) is 0 Å². The fourth-order valence-electron chi connectivity index (χ4n) is 4.77. The van der Waals surface area contributed by atoms with Crippen molar-refractivity contribution in [3.63, 3.8) is 0 Å². The summed E-state index contributed by atoms with van der Waals surface area (Å²) in [6.45, 7) is 8.03. The van der Waals surface area contributed by atoms with Gasteiger partial charge < -0.3 is 4.90 Å². The summed E-state index contributed by atoms with van der Waals surface area (Å²) in [5.74, 6) is 0.608. The number of carbonyl (C=O) groups is 1. The Morgan fingerprint density at radius 1 is 1.08 bits per heavy atom. The number of aryl methyl sites for hydroxylation is 1. The molecular weight excluding hydrogens is 336 g/mol. The van der Waals surface area contributed by atoms with E-state index in [1.165, 1.54) is 0 Å². The normalized spacial score (nSPS) is 29.8. The van der Waals surface area contributed by atoms with Gasteiger partial charge in [-0.05, 0) is 61.3 Å². The third kappa shape index (κ3) is 2.61. The molecule has 0 radical (unpaired) electrons. The molecule has 1 fully saturated rings. The number of hydrogen-bond acceptors (Lipinski definition) is 3. The second-order valence-electron chi connectivity index (χ2n) is 8.10. The fraction of sp³-hybridized carbons (Fsp3) is 0.632. The minimum absolute atomic E-state index is 0.103. The Balaban J connectivity index is 1.78. The van der Waals surface area contributed by atoms with Crippen LogP contribution >= 0.6 is 0 Å². The maximum atomic E-state index is 13.3. The highest BCUT2D eigenvalue weighted by atomic mass is 32.2. The van der Waals surface area contributed by atoms with E-state index in [-0.39, 0.29) is 11.8 Å². The Hall–Kier alpha value is -1.40. The number of amides is 1. The van der Waals surface area contributed by atoms with E-state index in [1.54, 1.807) is 10.4 Å². The molecule has 1 aromatic carbocycles. The third-order valence-electron chi connectivity index (χ3n) is 5.87. The summed E-state index contributed by atoms with van der Waals surface area (Å²) in [6, 6.07) is 3.57. The molecule has 0 spiro atoms. The van der Waals surface area contributed by atoms with Gasteiger partial charge in [-0.1, -0.05) is 13.8 Å². The maximum absolute atomic E-state index is 13.3. The topological polar surface area (TPSA) is 57.7 Å². The van der Waals surface area contributed by atoms with E-state index in [9.17, 15) is 13.2 Å². The van der Waals surface area contributed by atoms with Gasteiger partial charge in [-0.25, -0.2) is 8.42 Å². The van der Waals surface area contributed by atoms with Crippen LogP contribution in [0.2, 0.25) is 0 Å². The van der Waals surface area contributed by atoms with Crippen molar-refractivity contribution < 1.29 is 13.2 Å². The Kier molecular flexibility index (Phi) is 3.96. The number of anilines is 1. The summed E-state index contributed by atoms with van der Waals surface area (Å²) in [6.07, 6.45) is 2.81. The Bertz CT molecular complexity index is 823. The average molecular weight is 362 g/mol. The van der Waals surface area contributed by atoms with Crippen molar-refractivity contribution in [2.24, 2.45) is 11.8 Å². The van der Waals surface area contributed by atoms with Gasteiger partial charge in [0.15, 0.2) is 0 Å². The van der Waals surface area contributed by atoms with Gasteiger partial charge in [-0.3, -0.25) is 4.79 Å².